The molecular weight excluding hydrogens is 370 g/mol. The molecule has 2 amide bonds. The highest BCUT2D eigenvalue weighted by Gasteiger charge is 2.20. The minimum absolute atomic E-state index is 0.0231. The topological polar surface area (TPSA) is 72.3 Å². The van der Waals surface area contributed by atoms with E-state index < -0.39 is 0 Å². The minimum atomic E-state index is -0.132. The Balaban J connectivity index is 1.88. The molecule has 7 heteroatoms. The number of nitrogens with zero attached hydrogens (tertiary/aromatic N) is 1. The number of hydrogen-bond donors (Lipinski definition) is 2. The first-order valence-corrected chi connectivity index (χ1v) is 9.60. The third kappa shape index (κ3) is 6.80. The van der Waals surface area contributed by atoms with Gasteiger partial charge < -0.3 is 24.6 Å². The lowest BCUT2D eigenvalue weighted by molar-refractivity contribution is -0.882. The van der Waals surface area contributed by atoms with E-state index in [1.807, 2.05) is 31.2 Å². The number of methoxy groups -OCH3 is 2. The standard InChI is InChI=1S/C22H29N3O4/c1-5-25(15-21(26)23-18-10-12-19(28-3)13-11-18)16-22(27)24(2)14-17-8-6-7-9-20(17)29-4/h6-13H,5,14-16H2,1-4H3,(H,23,26)/p+1. The van der Waals surface area contributed by atoms with Gasteiger partial charge in [-0.25, -0.2) is 0 Å². The van der Waals surface area contributed by atoms with E-state index in [9.17, 15) is 9.59 Å². The Labute approximate surface area is 172 Å². The van der Waals surface area contributed by atoms with Crippen molar-refractivity contribution in [2.45, 2.75) is 13.5 Å². The summed E-state index contributed by atoms with van der Waals surface area (Å²) in [4.78, 5) is 27.6. The molecule has 0 radical (unpaired) electrons. The summed E-state index contributed by atoms with van der Waals surface area (Å²) < 4.78 is 10.5. The Morgan fingerprint density at radius 2 is 1.69 bits per heavy atom. The predicted molar refractivity (Wildman–Crippen MR) is 112 cm³/mol. The van der Waals surface area contributed by atoms with Gasteiger partial charge in [0.25, 0.3) is 11.8 Å². The summed E-state index contributed by atoms with van der Waals surface area (Å²) in [6, 6.07) is 14.8. The van der Waals surface area contributed by atoms with Crippen molar-refractivity contribution < 1.29 is 24.0 Å². The van der Waals surface area contributed by atoms with E-state index in [4.69, 9.17) is 9.47 Å². The fourth-order valence-corrected chi connectivity index (χ4v) is 2.95. The number of carbonyl (C=O) groups excluding carboxylic acids is 2. The highest BCUT2D eigenvalue weighted by molar-refractivity contribution is 5.91. The molecule has 2 aromatic carbocycles. The molecule has 2 N–H and O–H groups in total. The zero-order chi connectivity index (χ0) is 21.2. The second kappa shape index (κ2) is 11.1. The molecule has 0 saturated heterocycles. The van der Waals surface area contributed by atoms with Crippen LogP contribution in [0.25, 0.3) is 0 Å². The number of amides is 2. The van der Waals surface area contributed by atoms with Gasteiger partial charge in [-0.1, -0.05) is 18.2 Å². The molecule has 1 atom stereocenters. The van der Waals surface area contributed by atoms with Crippen molar-refractivity contribution in [3.63, 3.8) is 0 Å². The number of rotatable bonds is 10. The third-order valence-corrected chi connectivity index (χ3v) is 4.71. The molecule has 2 rings (SSSR count). The summed E-state index contributed by atoms with van der Waals surface area (Å²) in [6.45, 7) is 3.56. The Bertz CT molecular complexity index is 808. The molecule has 0 aliphatic heterocycles. The van der Waals surface area contributed by atoms with E-state index in [1.165, 1.54) is 0 Å². The molecule has 0 aromatic heterocycles. The molecule has 0 heterocycles. The van der Waals surface area contributed by atoms with Crippen LogP contribution in [0.3, 0.4) is 0 Å². The van der Waals surface area contributed by atoms with E-state index in [-0.39, 0.29) is 24.9 Å². The van der Waals surface area contributed by atoms with Gasteiger partial charge in [-0.3, -0.25) is 9.59 Å². The largest absolute Gasteiger partial charge is 0.497 e. The number of nitrogens with one attached hydrogen (secondary N) is 2. The van der Waals surface area contributed by atoms with Crippen LogP contribution in [0.2, 0.25) is 0 Å². The number of para-hydroxylation sites is 1. The number of ether oxygens (including phenoxy) is 2. The summed E-state index contributed by atoms with van der Waals surface area (Å²) in [5, 5.41) is 2.86. The first kappa shape index (κ1) is 22.2. The van der Waals surface area contributed by atoms with E-state index in [0.29, 0.717) is 18.8 Å². The third-order valence-electron chi connectivity index (χ3n) is 4.71. The van der Waals surface area contributed by atoms with Gasteiger partial charge in [-0.15, -0.1) is 0 Å². The number of quaternary nitrogens is 1. The molecule has 2 aromatic rings. The fourth-order valence-electron chi connectivity index (χ4n) is 2.95. The van der Waals surface area contributed by atoms with Crippen LogP contribution in [0, 0.1) is 0 Å². The fraction of sp³-hybridized carbons (Fsp3) is 0.364. The lowest BCUT2D eigenvalue weighted by Crippen LogP contribution is -3.13. The molecular formula is C22H30N3O4+. The van der Waals surface area contributed by atoms with Crippen molar-refractivity contribution in [1.82, 2.24) is 4.90 Å². The zero-order valence-electron chi connectivity index (χ0n) is 17.5. The maximum Gasteiger partial charge on any atom is 0.279 e. The summed E-state index contributed by atoms with van der Waals surface area (Å²) in [5.74, 6) is 1.33. The Morgan fingerprint density at radius 1 is 1.00 bits per heavy atom. The molecule has 0 bridgehead atoms. The van der Waals surface area contributed by atoms with Gasteiger partial charge in [0.2, 0.25) is 0 Å². The molecule has 0 aliphatic carbocycles. The van der Waals surface area contributed by atoms with Crippen molar-refractivity contribution in [3.8, 4) is 11.5 Å². The second-order valence-electron chi connectivity index (χ2n) is 6.80. The van der Waals surface area contributed by atoms with Crippen LogP contribution >= 0.6 is 0 Å². The van der Waals surface area contributed by atoms with Gasteiger partial charge in [-0.05, 0) is 37.3 Å². The highest BCUT2D eigenvalue weighted by atomic mass is 16.5. The van der Waals surface area contributed by atoms with Crippen LogP contribution in [-0.2, 0) is 16.1 Å². The van der Waals surface area contributed by atoms with Gasteiger partial charge in [0.05, 0.1) is 20.8 Å². The Kier molecular flexibility index (Phi) is 8.48. The number of benzene rings is 2. The van der Waals surface area contributed by atoms with Gasteiger partial charge >= 0.3 is 0 Å². The number of hydrogen-bond acceptors (Lipinski definition) is 4. The van der Waals surface area contributed by atoms with E-state index in [0.717, 1.165) is 22.0 Å². The summed E-state index contributed by atoms with van der Waals surface area (Å²) in [6.07, 6.45) is 0. The van der Waals surface area contributed by atoms with Crippen LogP contribution in [0.4, 0.5) is 5.69 Å². The maximum atomic E-state index is 12.6. The SMILES string of the molecule is CC[NH+](CC(=O)Nc1ccc(OC)cc1)CC(=O)N(C)Cc1ccccc1OC. The van der Waals surface area contributed by atoms with Crippen LogP contribution in [-0.4, -0.2) is 57.6 Å². The van der Waals surface area contributed by atoms with E-state index >= 15 is 0 Å². The Morgan fingerprint density at radius 3 is 2.31 bits per heavy atom. The second-order valence-corrected chi connectivity index (χ2v) is 6.80. The predicted octanol–water partition coefficient (Wildman–Crippen LogP) is 1.21. The molecule has 0 fully saturated rings. The quantitative estimate of drug-likeness (QED) is 0.629. The molecule has 0 spiro atoms. The molecule has 1 unspecified atom stereocenters. The average molecular weight is 400 g/mol. The van der Waals surface area contributed by atoms with Crippen LogP contribution in [0.1, 0.15) is 12.5 Å². The molecule has 156 valence electrons. The van der Waals surface area contributed by atoms with Crippen LogP contribution in [0.15, 0.2) is 48.5 Å². The first-order valence-electron chi connectivity index (χ1n) is 9.60. The lowest BCUT2D eigenvalue weighted by Gasteiger charge is -2.22. The monoisotopic (exact) mass is 400 g/mol. The van der Waals surface area contributed by atoms with Gasteiger partial charge in [0.15, 0.2) is 13.1 Å². The molecule has 29 heavy (non-hydrogen) atoms. The lowest BCUT2D eigenvalue weighted by atomic mass is 10.2. The first-order chi connectivity index (χ1) is 14.0. The highest BCUT2D eigenvalue weighted by Crippen LogP contribution is 2.18. The summed E-state index contributed by atoms with van der Waals surface area (Å²) in [7, 11) is 4.97. The molecule has 7 nitrogen and oxygen atoms in total. The van der Waals surface area contributed by atoms with Crippen LogP contribution in [0.5, 0.6) is 11.5 Å². The zero-order valence-corrected chi connectivity index (χ0v) is 17.5. The summed E-state index contributed by atoms with van der Waals surface area (Å²) >= 11 is 0. The van der Waals surface area contributed by atoms with Gasteiger partial charge in [-0.2, -0.15) is 0 Å². The van der Waals surface area contributed by atoms with Crippen molar-refractivity contribution in [1.29, 1.82) is 0 Å². The summed E-state index contributed by atoms with van der Waals surface area (Å²) in [5.41, 5.74) is 1.65. The van der Waals surface area contributed by atoms with Crippen molar-refractivity contribution in [3.05, 3.63) is 54.1 Å². The molecule has 0 saturated carbocycles. The number of anilines is 1. The van der Waals surface area contributed by atoms with Crippen molar-refractivity contribution >= 4 is 17.5 Å². The number of likely N-dealkylation sites (N-methyl/N-ethyl adjacent to an activating group) is 2. The maximum absolute atomic E-state index is 12.6. The normalized spacial score (nSPS) is 11.4. The van der Waals surface area contributed by atoms with Crippen molar-refractivity contribution in [2.24, 2.45) is 0 Å². The van der Waals surface area contributed by atoms with E-state index in [1.54, 1.807) is 50.4 Å². The van der Waals surface area contributed by atoms with Gasteiger partial charge in [0.1, 0.15) is 11.5 Å². The Hall–Kier alpha value is -3.06. The average Bonchev–Trinajstić information content (AvgIpc) is 2.74. The smallest absolute Gasteiger partial charge is 0.279 e. The van der Waals surface area contributed by atoms with E-state index in [2.05, 4.69) is 5.32 Å². The van der Waals surface area contributed by atoms with Crippen molar-refractivity contribution in [2.75, 3.05) is 46.2 Å². The van der Waals surface area contributed by atoms with Crippen LogP contribution < -0.4 is 19.7 Å². The van der Waals surface area contributed by atoms with Gasteiger partial charge in [0, 0.05) is 24.8 Å². The minimum Gasteiger partial charge on any atom is -0.497 e. The molecule has 0 aliphatic rings. The number of carbonyl (C=O) groups is 2.